The standard InChI is InChI=1S/C15H17ClN4O2/c1-2-19-5-7-20(8-6-19)15(22)14(21)18-12-4-3-11(10-17)13(16)9-12/h3-4,9H,2,5-8H2,1H3,(H,18,21). The summed E-state index contributed by atoms with van der Waals surface area (Å²) < 4.78 is 0. The number of hydrogen-bond donors (Lipinski definition) is 1. The second kappa shape index (κ2) is 7.25. The molecule has 2 amide bonds. The van der Waals surface area contributed by atoms with Crippen molar-refractivity contribution in [1.82, 2.24) is 9.80 Å². The van der Waals surface area contributed by atoms with Crippen molar-refractivity contribution in [2.75, 3.05) is 38.0 Å². The van der Waals surface area contributed by atoms with E-state index >= 15 is 0 Å². The molecule has 116 valence electrons. The highest BCUT2D eigenvalue weighted by Crippen LogP contribution is 2.20. The molecular formula is C15H17ClN4O2. The molecule has 1 N–H and O–H groups in total. The Balaban J connectivity index is 1.96. The lowest BCUT2D eigenvalue weighted by Gasteiger charge is -2.33. The van der Waals surface area contributed by atoms with Crippen molar-refractivity contribution in [3.8, 4) is 6.07 Å². The van der Waals surface area contributed by atoms with Gasteiger partial charge in [-0.2, -0.15) is 5.26 Å². The number of carbonyl (C=O) groups is 2. The molecule has 0 atom stereocenters. The van der Waals surface area contributed by atoms with Crippen LogP contribution in [0, 0.1) is 11.3 Å². The molecule has 22 heavy (non-hydrogen) atoms. The maximum atomic E-state index is 12.1. The van der Waals surface area contributed by atoms with Gasteiger partial charge in [0.25, 0.3) is 0 Å². The van der Waals surface area contributed by atoms with Crippen molar-refractivity contribution in [3.63, 3.8) is 0 Å². The average molecular weight is 321 g/mol. The van der Waals surface area contributed by atoms with Crippen molar-refractivity contribution in [2.45, 2.75) is 6.92 Å². The van der Waals surface area contributed by atoms with Crippen LogP contribution in [0.15, 0.2) is 18.2 Å². The van der Waals surface area contributed by atoms with E-state index in [0.29, 0.717) is 24.3 Å². The maximum Gasteiger partial charge on any atom is 0.313 e. The van der Waals surface area contributed by atoms with Crippen molar-refractivity contribution in [2.24, 2.45) is 0 Å². The topological polar surface area (TPSA) is 76.4 Å². The molecule has 1 saturated heterocycles. The highest BCUT2D eigenvalue weighted by molar-refractivity contribution is 6.39. The molecular weight excluding hydrogens is 304 g/mol. The van der Waals surface area contributed by atoms with Crippen molar-refractivity contribution in [1.29, 1.82) is 5.26 Å². The van der Waals surface area contributed by atoms with Crippen LogP contribution in [-0.2, 0) is 9.59 Å². The third-order valence-corrected chi connectivity index (χ3v) is 3.96. The van der Waals surface area contributed by atoms with Crippen LogP contribution in [-0.4, -0.2) is 54.3 Å². The predicted octanol–water partition coefficient (Wildman–Crippen LogP) is 1.31. The summed E-state index contributed by atoms with van der Waals surface area (Å²) in [4.78, 5) is 27.9. The number of likely N-dealkylation sites (N-methyl/N-ethyl adjacent to an activating group) is 1. The van der Waals surface area contributed by atoms with Gasteiger partial charge in [-0.1, -0.05) is 18.5 Å². The number of anilines is 1. The summed E-state index contributed by atoms with van der Waals surface area (Å²) in [6.45, 7) is 5.66. The molecule has 0 spiro atoms. The van der Waals surface area contributed by atoms with Gasteiger partial charge in [-0.3, -0.25) is 9.59 Å². The van der Waals surface area contributed by atoms with Crippen LogP contribution in [0.2, 0.25) is 5.02 Å². The fraction of sp³-hybridized carbons (Fsp3) is 0.400. The summed E-state index contributed by atoms with van der Waals surface area (Å²) >= 11 is 5.90. The molecule has 7 heteroatoms. The summed E-state index contributed by atoms with van der Waals surface area (Å²) in [6.07, 6.45) is 0. The van der Waals surface area contributed by atoms with Crippen LogP contribution in [0.4, 0.5) is 5.69 Å². The molecule has 0 radical (unpaired) electrons. The number of benzene rings is 1. The van der Waals surface area contributed by atoms with E-state index in [1.165, 1.54) is 12.1 Å². The lowest BCUT2D eigenvalue weighted by molar-refractivity contribution is -0.144. The first-order chi connectivity index (χ1) is 10.5. The Hall–Kier alpha value is -2.10. The number of nitrogens with one attached hydrogen (secondary N) is 1. The van der Waals surface area contributed by atoms with E-state index in [1.54, 1.807) is 11.0 Å². The fourth-order valence-corrected chi connectivity index (χ4v) is 2.50. The van der Waals surface area contributed by atoms with E-state index < -0.39 is 11.8 Å². The number of halogens is 1. The van der Waals surface area contributed by atoms with Gasteiger partial charge in [0.15, 0.2) is 0 Å². The van der Waals surface area contributed by atoms with Crippen LogP contribution in [0.25, 0.3) is 0 Å². The van der Waals surface area contributed by atoms with E-state index in [4.69, 9.17) is 16.9 Å². The van der Waals surface area contributed by atoms with Crippen LogP contribution in [0.3, 0.4) is 0 Å². The smallest absolute Gasteiger partial charge is 0.313 e. The number of amides is 2. The summed E-state index contributed by atoms with van der Waals surface area (Å²) in [6, 6.07) is 6.44. The molecule has 0 bridgehead atoms. The maximum absolute atomic E-state index is 12.1. The Bertz CT molecular complexity index is 618. The van der Waals surface area contributed by atoms with Gasteiger partial charge in [-0.05, 0) is 24.7 Å². The van der Waals surface area contributed by atoms with E-state index in [1.807, 2.05) is 6.07 Å². The van der Waals surface area contributed by atoms with Crippen LogP contribution in [0.5, 0.6) is 0 Å². The van der Waals surface area contributed by atoms with Crippen LogP contribution in [0.1, 0.15) is 12.5 Å². The normalized spacial score (nSPS) is 15.2. The lowest BCUT2D eigenvalue weighted by Crippen LogP contribution is -2.51. The minimum absolute atomic E-state index is 0.240. The molecule has 2 rings (SSSR count). The Morgan fingerprint density at radius 3 is 2.55 bits per heavy atom. The Labute approximate surface area is 134 Å². The highest BCUT2D eigenvalue weighted by Gasteiger charge is 2.25. The van der Waals surface area contributed by atoms with Crippen molar-refractivity contribution >= 4 is 29.1 Å². The SMILES string of the molecule is CCN1CCN(C(=O)C(=O)Nc2ccc(C#N)c(Cl)c2)CC1. The second-order valence-electron chi connectivity index (χ2n) is 4.99. The zero-order valence-electron chi connectivity index (χ0n) is 12.3. The molecule has 0 aromatic heterocycles. The van der Waals surface area contributed by atoms with Crippen molar-refractivity contribution < 1.29 is 9.59 Å². The van der Waals surface area contributed by atoms with Gasteiger partial charge >= 0.3 is 11.8 Å². The molecule has 1 aliphatic rings. The van der Waals surface area contributed by atoms with Gasteiger partial charge in [0.2, 0.25) is 0 Å². The Morgan fingerprint density at radius 2 is 2.00 bits per heavy atom. The molecule has 6 nitrogen and oxygen atoms in total. The summed E-state index contributed by atoms with van der Waals surface area (Å²) in [5.41, 5.74) is 0.719. The molecule has 0 aliphatic carbocycles. The molecule has 1 aliphatic heterocycles. The highest BCUT2D eigenvalue weighted by atomic mass is 35.5. The Kier molecular flexibility index (Phi) is 5.36. The second-order valence-corrected chi connectivity index (χ2v) is 5.39. The lowest BCUT2D eigenvalue weighted by atomic mass is 10.2. The zero-order chi connectivity index (χ0) is 16.1. The monoisotopic (exact) mass is 320 g/mol. The minimum Gasteiger partial charge on any atom is -0.332 e. The number of nitriles is 1. The molecule has 1 heterocycles. The predicted molar refractivity (Wildman–Crippen MR) is 83.5 cm³/mol. The summed E-state index contributed by atoms with van der Waals surface area (Å²) in [7, 11) is 0. The Morgan fingerprint density at radius 1 is 1.32 bits per heavy atom. The molecule has 1 fully saturated rings. The number of piperazine rings is 1. The average Bonchev–Trinajstić information content (AvgIpc) is 2.54. The summed E-state index contributed by atoms with van der Waals surface area (Å²) in [5, 5.41) is 11.6. The first-order valence-electron chi connectivity index (χ1n) is 7.07. The number of nitrogens with zero attached hydrogens (tertiary/aromatic N) is 3. The van der Waals surface area contributed by atoms with Gasteiger partial charge in [0, 0.05) is 31.9 Å². The van der Waals surface area contributed by atoms with Gasteiger partial charge in [-0.25, -0.2) is 0 Å². The third kappa shape index (κ3) is 3.75. The first kappa shape index (κ1) is 16.3. The largest absolute Gasteiger partial charge is 0.332 e. The quantitative estimate of drug-likeness (QED) is 0.834. The number of rotatable bonds is 2. The van der Waals surface area contributed by atoms with Gasteiger partial charge in [0.1, 0.15) is 6.07 Å². The van der Waals surface area contributed by atoms with E-state index in [2.05, 4.69) is 17.1 Å². The number of hydrogen-bond acceptors (Lipinski definition) is 4. The van der Waals surface area contributed by atoms with Gasteiger partial charge in [-0.15, -0.1) is 0 Å². The van der Waals surface area contributed by atoms with E-state index in [-0.39, 0.29) is 5.02 Å². The van der Waals surface area contributed by atoms with Crippen molar-refractivity contribution in [3.05, 3.63) is 28.8 Å². The van der Waals surface area contributed by atoms with Crippen LogP contribution < -0.4 is 5.32 Å². The molecule has 1 aromatic carbocycles. The minimum atomic E-state index is -0.689. The third-order valence-electron chi connectivity index (χ3n) is 3.65. The first-order valence-corrected chi connectivity index (χ1v) is 7.45. The van der Waals surface area contributed by atoms with E-state index in [9.17, 15) is 9.59 Å². The van der Waals surface area contributed by atoms with E-state index in [0.717, 1.165) is 19.6 Å². The van der Waals surface area contributed by atoms with Crippen LogP contribution >= 0.6 is 11.6 Å². The molecule has 0 unspecified atom stereocenters. The number of carbonyl (C=O) groups excluding carboxylic acids is 2. The van der Waals surface area contributed by atoms with Gasteiger partial charge in [0.05, 0.1) is 10.6 Å². The summed E-state index contributed by atoms with van der Waals surface area (Å²) in [5.74, 6) is -1.23. The van der Waals surface area contributed by atoms with Gasteiger partial charge < -0.3 is 15.1 Å². The molecule has 1 aromatic rings. The zero-order valence-corrected chi connectivity index (χ0v) is 13.1. The fourth-order valence-electron chi connectivity index (χ4n) is 2.28. The molecule has 0 saturated carbocycles.